The van der Waals surface area contributed by atoms with Crippen LogP contribution in [0.4, 0.5) is 11.4 Å². The van der Waals surface area contributed by atoms with Crippen molar-refractivity contribution in [2.45, 2.75) is 19.4 Å². The van der Waals surface area contributed by atoms with Gasteiger partial charge in [0, 0.05) is 24.3 Å². The largest absolute Gasteiger partial charge is 0.384 e. The average molecular weight is 257 g/mol. The van der Waals surface area contributed by atoms with Crippen LogP contribution in [-0.4, -0.2) is 27.2 Å². The minimum atomic E-state index is -0.0126. The lowest BCUT2D eigenvalue weighted by molar-refractivity contribution is -0.116. The summed E-state index contributed by atoms with van der Waals surface area (Å²) in [4.78, 5) is 15.7. The van der Waals surface area contributed by atoms with Gasteiger partial charge in [-0.3, -0.25) is 9.48 Å². The third-order valence-electron chi connectivity index (χ3n) is 3.13. The topological polar surface area (TPSA) is 71.8 Å². The van der Waals surface area contributed by atoms with E-state index in [0.717, 1.165) is 18.7 Å². The van der Waals surface area contributed by atoms with Gasteiger partial charge in [0.25, 0.3) is 0 Å². The van der Waals surface area contributed by atoms with Gasteiger partial charge in [0.1, 0.15) is 12.7 Å². The molecule has 0 bridgehead atoms. The fourth-order valence-electron chi connectivity index (χ4n) is 2.17. The number of hydrogen-bond acceptors (Lipinski definition) is 4. The Morgan fingerprint density at radius 2 is 2.42 bits per heavy atom. The zero-order valence-corrected chi connectivity index (χ0v) is 10.5. The number of aryl methyl sites for hydroxylation is 1. The monoisotopic (exact) mass is 257 g/mol. The molecule has 19 heavy (non-hydrogen) atoms. The van der Waals surface area contributed by atoms with Crippen molar-refractivity contribution in [3.63, 3.8) is 0 Å². The second kappa shape index (κ2) is 5.09. The van der Waals surface area contributed by atoms with Crippen LogP contribution in [-0.2, 0) is 17.8 Å². The summed E-state index contributed by atoms with van der Waals surface area (Å²) in [5, 5.41) is 10.2. The summed E-state index contributed by atoms with van der Waals surface area (Å²) in [6, 6.07) is 5.96. The molecule has 0 aliphatic carbocycles. The van der Waals surface area contributed by atoms with Crippen molar-refractivity contribution in [2.75, 3.05) is 17.2 Å². The summed E-state index contributed by atoms with van der Waals surface area (Å²) < 4.78 is 1.65. The van der Waals surface area contributed by atoms with Gasteiger partial charge in [-0.1, -0.05) is 0 Å². The number of hydrogen-bond donors (Lipinski definition) is 2. The quantitative estimate of drug-likeness (QED) is 0.865. The van der Waals surface area contributed by atoms with Crippen LogP contribution in [0.5, 0.6) is 0 Å². The number of rotatable bonds is 4. The van der Waals surface area contributed by atoms with Crippen molar-refractivity contribution in [1.29, 1.82) is 0 Å². The molecule has 0 spiro atoms. The Morgan fingerprint density at radius 1 is 1.47 bits per heavy atom. The highest BCUT2D eigenvalue weighted by atomic mass is 16.1. The van der Waals surface area contributed by atoms with Gasteiger partial charge in [-0.05, 0) is 30.2 Å². The Hall–Kier alpha value is -2.37. The van der Waals surface area contributed by atoms with Gasteiger partial charge in [0.05, 0.1) is 6.54 Å². The number of amides is 1. The molecule has 98 valence electrons. The van der Waals surface area contributed by atoms with E-state index >= 15 is 0 Å². The van der Waals surface area contributed by atoms with Crippen molar-refractivity contribution in [2.24, 2.45) is 0 Å². The molecule has 0 radical (unpaired) electrons. The van der Waals surface area contributed by atoms with Gasteiger partial charge < -0.3 is 10.6 Å². The number of anilines is 2. The number of fused-ring (bicyclic) bond motifs is 1. The zero-order chi connectivity index (χ0) is 13.1. The van der Waals surface area contributed by atoms with E-state index in [1.807, 2.05) is 18.2 Å². The Balaban J connectivity index is 1.57. The van der Waals surface area contributed by atoms with Gasteiger partial charge >= 0.3 is 0 Å². The van der Waals surface area contributed by atoms with E-state index in [1.165, 1.54) is 17.6 Å². The van der Waals surface area contributed by atoms with Crippen LogP contribution in [0.1, 0.15) is 12.0 Å². The first-order valence-corrected chi connectivity index (χ1v) is 6.30. The smallest absolute Gasteiger partial charge is 0.226 e. The van der Waals surface area contributed by atoms with Crippen LogP contribution >= 0.6 is 0 Å². The SMILES string of the molecule is O=C(CCn1cncn1)Nc1ccc2c(c1)CCN2. The van der Waals surface area contributed by atoms with Crippen LogP contribution < -0.4 is 10.6 Å². The van der Waals surface area contributed by atoms with E-state index in [1.54, 1.807) is 11.0 Å². The van der Waals surface area contributed by atoms with Gasteiger partial charge in [-0.15, -0.1) is 0 Å². The number of aromatic nitrogens is 3. The highest BCUT2D eigenvalue weighted by Crippen LogP contribution is 2.25. The van der Waals surface area contributed by atoms with E-state index < -0.39 is 0 Å². The minimum Gasteiger partial charge on any atom is -0.384 e. The molecule has 2 heterocycles. The number of carbonyl (C=O) groups is 1. The van der Waals surface area contributed by atoms with Crippen molar-refractivity contribution in [3.8, 4) is 0 Å². The lowest BCUT2D eigenvalue weighted by Crippen LogP contribution is -2.14. The van der Waals surface area contributed by atoms with E-state index in [-0.39, 0.29) is 5.91 Å². The molecule has 1 aromatic heterocycles. The highest BCUT2D eigenvalue weighted by molar-refractivity contribution is 5.91. The molecular formula is C13H15N5O. The zero-order valence-electron chi connectivity index (χ0n) is 10.5. The fourth-order valence-corrected chi connectivity index (χ4v) is 2.17. The second-order valence-corrected chi connectivity index (χ2v) is 4.51. The van der Waals surface area contributed by atoms with Crippen molar-refractivity contribution in [1.82, 2.24) is 14.8 Å². The maximum Gasteiger partial charge on any atom is 0.226 e. The first-order valence-electron chi connectivity index (χ1n) is 6.30. The van der Waals surface area contributed by atoms with Crippen LogP contribution in [0.25, 0.3) is 0 Å². The molecule has 6 heteroatoms. The third-order valence-corrected chi connectivity index (χ3v) is 3.13. The van der Waals surface area contributed by atoms with Gasteiger partial charge in [0.15, 0.2) is 0 Å². The molecule has 0 atom stereocenters. The van der Waals surface area contributed by atoms with Crippen molar-refractivity contribution >= 4 is 17.3 Å². The Bertz CT molecular complexity index is 579. The van der Waals surface area contributed by atoms with Gasteiger partial charge in [-0.2, -0.15) is 5.10 Å². The Labute approximate surface area is 110 Å². The highest BCUT2D eigenvalue weighted by Gasteiger charge is 2.11. The Kier molecular flexibility index (Phi) is 3.14. The molecule has 6 nitrogen and oxygen atoms in total. The summed E-state index contributed by atoms with van der Waals surface area (Å²) in [6.45, 7) is 1.51. The predicted molar refractivity (Wildman–Crippen MR) is 71.9 cm³/mol. The summed E-state index contributed by atoms with van der Waals surface area (Å²) in [7, 11) is 0. The Morgan fingerprint density at radius 3 is 3.26 bits per heavy atom. The molecule has 1 amide bonds. The van der Waals surface area contributed by atoms with E-state index in [9.17, 15) is 4.79 Å². The van der Waals surface area contributed by atoms with Crippen LogP contribution in [0.2, 0.25) is 0 Å². The number of carbonyl (C=O) groups excluding carboxylic acids is 1. The van der Waals surface area contributed by atoms with Gasteiger partial charge in [-0.25, -0.2) is 4.98 Å². The summed E-state index contributed by atoms with van der Waals surface area (Å²) >= 11 is 0. The molecule has 1 aromatic carbocycles. The van der Waals surface area contributed by atoms with Crippen molar-refractivity contribution < 1.29 is 4.79 Å². The second-order valence-electron chi connectivity index (χ2n) is 4.51. The van der Waals surface area contributed by atoms with Crippen LogP contribution in [0.15, 0.2) is 30.9 Å². The van der Waals surface area contributed by atoms with Crippen LogP contribution in [0, 0.1) is 0 Å². The lowest BCUT2D eigenvalue weighted by Gasteiger charge is -2.07. The molecule has 0 unspecified atom stereocenters. The lowest BCUT2D eigenvalue weighted by atomic mass is 10.1. The number of nitrogens with zero attached hydrogens (tertiary/aromatic N) is 3. The molecule has 0 saturated carbocycles. The molecule has 0 saturated heterocycles. The maximum absolute atomic E-state index is 11.8. The number of benzene rings is 1. The van der Waals surface area contributed by atoms with E-state index in [0.29, 0.717) is 13.0 Å². The molecule has 1 aliphatic heterocycles. The molecule has 2 aromatic rings. The van der Waals surface area contributed by atoms with E-state index in [4.69, 9.17) is 0 Å². The van der Waals surface area contributed by atoms with Crippen LogP contribution in [0.3, 0.4) is 0 Å². The summed E-state index contributed by atoms with van der Waals surface area (Å²) in [5.41, 5.74) is 3.28. The first kappa shape index (κ1) is 11.7. The molecule has 0 fully saturated rings. The fraction of sp³-hybridized carbons (Fsp3) is 0.308. The average Bonchev–Trinajstić information content (AvgIpc) is 3.07. The van der Waals surface area contributed by atoms with E-state index in [2.05, 4.69) is 20.7 Å². The molecule has 3 rings (SSSR count). The molecule has 1 aliphatic rings. The number of nitrogens with one attached hydrogen (secondary N) is 2. The maximum atomic E-state index is 11.8. The summed E-state index contributed by atoms with van der Waals surface area (Å²) in [6.07, 6.45) is 4.47. The van der Waals surface area contributed by atoms with Gasteiger partial charge in [0.2, 0.25) is 5.91 Å². The normalized spacial score (nSPS) is 12.8. The standard InChI is InChI=1S/C13H15N5O/c19-13(4-6-18-9-14-8-16-18)17-11-1-2-12-10(7-11)3-5-15-12/h1-2,7-9,15H,3-6H2,(H,17,19). The molecule has 2 N–H and O–H groups in total. The van der Waals surface area contributed by atoms with Crippen molar-refractivity contribution in [3.05, 3.63) is 36.4 Å². The third kappa shape index (κ3) is 2.73. The summed E-state index contributed by atoms with van der Waals surface area (Å²) in [5.74, 6) is -0.0126. The molecular weight excluding hydrogens is 242 g/mol. The first-order chi connectivity index (χ1) is 9.31. The minimum absolute atomic E-state index is 0.0126. The predicted octanol–water partition coefficient (Wildman–Crippen LogP) is 1.27.